The minimum absolute atomic E-state index is 0.341. The first-order chi connectivity index (χ1) is 12.7. The third-order valence-corrected chi connectivity index (χ3v) is 7.10. The van der Waals surface area contributed by atoms with Gasteiger partial charge < -0.3 is 4.90 Å². The van der Waals surface area contributed by atoms with Crippen LogP contribution in [0.2, 0.25) is 5.02 Å². The number of rotatable bonds is 4. The van der Waals surface area contributed by atoms with Gasteiger partial charge in [0, 0.05) is 37.1 Å². The summed E-state index contributed by atoms with van der Waals surface area (Å²) in [6.45, 7) is 5.44. The van der Waals surface area contributed by atoms with Gasteiger partial charge in [-0.25, -0.2) is 0 Å². The van der Waals surface area contributed by atoms with Crippen molar-refractivity contribution in [1.82, 2.24) is 9.80 Å². The first kappa shape index (κ1) is 18.3. The normalized spacial score (nSPS) is 25.9. The molecule has 3 nitrogen and oxygen atoms in total. The molecule has 0 bridgehead atoms. The molecular formula is C22H31ClN2O. The minimum atomic E-state index is 0.341. The standard InChI is InChI=1S/C22H31ClN2O/c23-21-7-5-17(6-8-21)15-24-12-9-20(16-24)18-10-13-25(14-11-18)22(26)19-3-1-2-4-19/h5-8,18-20H,1-4,9-16H2. The van der Waals surface area contributed by atoms with Gasteiger partial charge in [0.15, 0.2) is 0 Å². The molecule has 1 saturated carbocycles. The molecule has 1 aromatic carbocycles. The second kappa shape index (κ2) is 8.31. The molecule has 0 N–H and O–H groups in total. The van der Waals surface area contributed by atoms with Crippen LogP contribution in [0.15, 0.2) is 24.3 Å². The van der Waals surface area contributed by atoms with Crippen LogP contribution in [0.4, 0.5) is 0 Å². The molecule has 0 aromatic heterocycles. The number of amides is 1. The highest BCUT2D eigenvalue weighted by Crippen LogP contribution is 2.34. The molecule has 3 fully saturated rings. The SMILES string of the molecule is O=C(C1CCCC1)N1CCC(C2CCN(Cc3ccc(Cl)cc3)C2)CC1. The monoisotopic (exact) mass is 374 g/mol. The molecule has 0 radical (unpaired) electrons. The van der Waals surface area contributed by atoms with E-state index in [4.69, 9.17) is 11.6 Å². The molecule has 0 spiro atoms. The van der Waals surface area contributed by atoms with E-state index in [-0.39, 0.29) is 0 Å². The average Bonchev–Trinajstić information content (AvgIpc) is 3.35. The van der Waals surface area contributed by atoms with Crippen molar-refractivity contribution in [3.8, 4) is 0 Å². The van der Waals surface area contributed by atoms with Gasteiger partial charge in [-0.15, -0.1) is 0 Å². The molecule has 26 heavy (non-hydrogen) atoms. The largest absolute Gasteiger partial charge is 0.342 e. The Morgan fingerprint density at radius 1 is 0.923 bits per heavy atom. The van der Waals surface area contributed by atoms with Gasteiger partial charge in [0.1, 0.15) is 0 Å². The first-order valence-corrected chi connectivity index (χ1v) is 10.8. The maximum atomic E-state index is 12.6. The number of benzene rings is 1. The first-order valence-electron chi connectivity index (χ1n) is 10.4. The van der Waals surface area contributed by atoms with Crippen LogP contribution in [-0.2, 0) is 11.3 Å². The van der Waals surface area contributed by atoms with E-state index in [0.717, 1.165) is 49.3 Å². The number of halogens is 1. The number of carbonyl (C=O) groups is 1. The zero-order chi connectivity index (χ0) is 17.9. The molecule has 1 atom stereocenters. The topological polar surface area (TPSA) is 23.6 Å². The third kappa shape index (κ3) is 4.26. The molecular weight excluding hydrogens is 344 g/mol. The Hall–Kier alpha value is -1.06. The van der Waals surface area contributed by atoms with Gasteiger partial charge in [0.25, 0.3) is 0 Å². The number of piperidine rings is 1. The second-order valence-electron chi connectivity index (χ2n) is 8.55. The molecule has 1 unspecified atom stereocenters. The summed E-state index contributed by atoms with van der Waals surface area (Å²) >= 11 is 5.99. The summed E-state index contributed by atoms with van der Waals surface area (Å²) in [5.74, 6) is 2.41. The quantitative estimate of drug-likeness (QED) is 0.769. The van der Waals surface area contributed by atoms with Gasteiger partial charge in [-0.3, -0.25) is 9.69 Å². The van der Waals surface area contributed by atoms with Crippen LogP contribution in [0, 0.1) is 17.8 Å². The summed E-state index contributed by atoms with van der Waals surface area (Å²) in [5.41, 5.74) is 1.35. The molecule has 2 saturated heterocycles. The lowest BCUT2D eigenvalue weighted by molar-refractivity contribution is -0.137. The lowest BCUT2D eigenvalue weighted by atomic mass is 9.83. The summed E-state index contributed by atoms with van der Waals surface area (Å²) in [6.07, 6.45) is 8.48. The van der Waals surface area contributed by atoms with Crippen LogP contribution in [-0.4, -0.2) is 41.9 Å². The predicted molar refractivity (Wildman–Crippen MR) is 106 cm³/mol. The lowest BCUT2D eigenvalue weighted by Crippen LogP contribution is -2.42. The molecule has 1 aliphatic carbocycles. The van der Waals surface area contributed by atoms with Crippen LogP contribution < -0.4 is 0 Å². The fraction of sp³-hybridized carbons (Fsp3) is 0.682. The molecule has 2 aliphatic heterocycles. The maximum Gasteiger partial charge on any atom is 0.225 e. The molecule has 2 heterocycles. The summed E-state index contributed by atoms with van der Waals surface area (Å²) in [4.78, 5) is 17.4. The average molecular weight is 375 g/mol. The van der Waals surface area contributed by atoms with E-state index in [9.17, 15) is 4.79 Å². The molecule has 3 aliphatic rings. The van der Waals surface area contributed by atoms with Gasteiger partial charge in [-0.1, -0.05) is 36.6 Å². The van der Waals surface area contributed by atoms with E-state index in [0.29, 0.717) is 11.8 Å². The van der Waals surface area contributed by atoms with Crippen molar-refractivity contribution in [2.45, 2.75) is 51.5 Å². The number of likely N-dealkylation sites (tertiary alicyclic amines) is 2. The van der Waals surface area contributed by atoms with Crippen molar-refractivity contribution in [1.29, 1.82) is 0 Å². The van der Waals surface area contributed by atoms with E-state index in [1.54, 1.807) is 0 Å². The van der Waals surface area contributed by atoms with E-state index in [2.05, 4.69) is 21.9 Å². The van der Waals surface area contributed by atoms with Crippen molar-refractivity contribution in [2.24, 2.45) is 17.8 Å². The van der Waals surface area contributed by atoms with Gasteiger partial charge in [-0.05, 0) is 68.2 Å². The van der Waals surface area contributed by atoms with E-state index in [1.807, 2.05) is 12.1 Å². The Balaban J connectivity index is 1.23. The minimum Gasteiger partial charge on any atom is -0.342 e. The zero-order valence-corrected chi connectivity index (χ0v) is 16.5. The maximum absolute atomic E-state index is 12.6. The van der Waals surface area contributed by atoms with Gasteiger partial charge in [0.05, 0.1) is 0 Å². The van der Waals surface area contributed by atoms with Gasteiger partial charge >= 0.3 is 0 Å². The predicted octanol–water partition coefficient (Wildman–Crippen LogP) is 4.59. The molecule has 1 aromatic rings. The van der Waals surface area contributed by atoms with E-state index >= 15 is 0 Å². The molecule has 142 valence electrons. The Morgan fingerprint density at radius 3 is 2.27 bits per heavy atom. The number of hydrogen-bond donors (Lipinski definition) is 0. The molecule has 4 rings (SSSR count). The van der Waals surface area contributed by atoms with Crippen LogP contribution >= 0.6 is 11.6 Å². The van der Waals surface area contributed by atoms with E-state index in [1.165, 1.54) is 50.8 Å². The summed E-state index contributed by atoms with van der Waals surface area (Å²) in [6, 6.07) is 8.26. The van der Waals surface area contributed by atoms with Gasteiger partial charge in [-0.2, -0.15) is 0 Å². The van der Waals surface area contributed by atoms with Crippen LogP contribution in [0.5, 0.6) is 0 Å². The Kier molecular flexibility index (Phi) is 5.85. The van der Waals surface area contributed by atoms with Crippen LogP contribution in [0.3, 0.4) is 0 Å². The van der Waals surface area contributed by atoms with Crippen molar-refractivity contribution in [2.75, 3.05) is 26.2 Å². The second-order valence-corrected chi connectivity index (χ2v) is 8.99. The summed E-state index contributed by atoms with van der Waals surface area (Å²) in [5, 5.41) is 0.812. The Bertz CT molecular complexity index is 603. The lowest BCUT2D eigenvalue weighted by Gasteiger charge is -2.36. The molecule has 1 amide bonds. The third-order valence-electron chi connectivity index (χ3n) is 6.85. The number of nitrogens with zero attached hydrogens (tertiary/aromatic N) is 2. The fourth-order valence-corrected chi connectivity index (χ4v) is 5.39. The van der Waals surface area contributed by atoms with Crippen molar-refractivity contribution < 1.29 is 4.79 Å². The summed E-state index contributed by atoms with van der Waals surface area (Å²) in [7, 11) is 0. The van der Waals surface area contributed by atoms with E-state index < -0.39 is 0 Å². The van der Waals surface area contributed by atoms with Gasteiger partial charge in [0.2, 0.25) is 5.91 Å². The number of hydrogen-bond acceptors (Lipinski definition) is 2. The fourth-order valence-electron chi connectivity index (χ4n) is 5.26. The van der Waals surface area contributed by atoms with Crippen LogP contribution in [0.1, 0.15) is 50.5 Å². The highest BCUT2D eigenvalue weighted by atomic mass is 35.5. The van der Waals surface area contributed by atoms with Crippen molar-refractivity contribution in [3.63, 3.8) is 0 Å². The Morgan fingerprint density at radius 2 is 1.58 bits per heavy atom. The Labute approximate surface area is 162 Å². The zero-order valence-electron chi connectivity index (χ0n) is 15.7. The van der Waals surface area contributed by atoms with Crippen LogP contribution in [0.25, 0.3) is 0 Å². The highest BCUT2D eigenvalue weighted by molar-refractivity contribution is 6.30. The smallest absolute Gasteiger partial charge is 0.225 e. The number of carbonyl (C=O) groups excluding carboxylic acids is 1. The van der Waals surface area contributed by atoms with Crippen molar-refractivity contribution >= 4 is 17.5 Å². The van der Waals surface area contributed by atoms with Crippen molar-refractivity contribution in [3.05, 3.63) is 34.9 Å². The highest BCUT2D eigenvalue weighted by Gasteiger charge is 2.34. The summed E-state index contributed by atoms with van der Waals surface area (Å²) < 4.78 is 0. The molecule has 4 heteroatoms.